The number of benzene rings is 1. The lowest BCUT2D eigenvalue weighted by Crippen LogP contribution is -2.04. The number of imidazole rings is 1. The Balaban J connectivity index is 2.61. The molecule has 15 heavy (non-hydrogen) atoms. The van der Waals surface area contributed by atoms with Crippen molar-refractivity contribution >= 4 is 16.8 Å². The maximum atomic E-state index is 13.2. The van der Waals surface area contributed by atoms with E-state index >= 15 is 0 Å². The maximum Gasteiger partial charge on any atom is 0.186 e. The topological polar surface area (TPSA) is 34.9 Å². The number of rotatable bonds is 2. The molecule has 0 aliphatic carbocycles. The summed E-state index contributed by atoms with van der Waals surface area (Å²) >= 11 is 0. The molecule has 0 bridgehead atoms. The standard InChI is InChI=1S/C10H8F2N2O/c1-6(15)4-14-5-13-10-8(14)3-2-7(11)9(10)12/h2-3,5H,4H2,1H3. The highest BCUT2D eigenvalue weighted by molar-refractivity contribution is 5.80. The van der Waals surface area contributed by atoms with Gasteiger partial charge in [-0.3, -0.25) is 4.79 Å². The number of Topliss-reactive ketones (excluding diaryl/α,β-unsaturated/α-hetero) is 1. The third-order valence-corrected chi connectivity index (χ3v) is 2.08. The highest BCUT2D eigenvalue weighted by atomic mass is 19.2. The van der Waals surface area contributed by atoms with Gasteiger partial charge < -0.3 is 4.57 Å². The Labute approximate surface area is 84.3 Å². The molecule has 1 heterocycles. The second-order valence-electron chi connectivity index (χ2n) is 3.30. The first-order chi connectivity index (χ1) is 7.09. The lowest BCUT2D eigenvalue weighted by atomic mass is 10.3. The van der Waals surface area contributed by atoms with Crippen molar-refractivity contribution in [3.63, 3.8) is 0 Å². The van der Waals surface area contributed by atoms with Gasteiger partial charge in [0, 0.05) is 0 Å². The molecule has 0 amide bonds. The van der Waals surface area contributed by atoms with Crippen molar-refractivity contribution in [1.82, 2.24) is 9.55 Å². The van der Waals surface area contributed by atoms with Crippen LogP contribution in [0.3, 0.4) is 0 Å². The van der Waals surface area contributed by atoms with E-state index in [1.54, 1.807) is 0 Å². The molecule has 0 aliphatic heterocycles. The van der Waals surface area contributed by atoms with Gasteiger partial charge in [0.15, 0.2) is 11.6 Å². The molecule has 0 N–H and O–H groups in total. The van der Waals surface area contributed by atoms with Crippen LogP contribution in [0.4, 0.5) is 8.78 Å². The molecule has 1 aromatic carbocycles. The average Bonchev–Trinajstić information content (AvgIpc) is 2.55. The molecule has 0 unspecified atom stereocenters. The van der Waals surface area contributed by atoms with Gasteiger partial charge in [-0.2, -0.15) is 0 Å². The van der Waals surface area contributed by atoms with Crippen LogP contribution in [0.25, 0.3) is 11.0 Å². The molecule has 0 saturated heterocycles. The Morgan fingerprint density at radius 2 is 2.20 bits per heavy atom. The highest BCUT2D eigenvalue weighted by Gasteiger charge is 2.12. The summed E-state index contributed by atoms with van der Waals surface area (Å²) in [7, 11) is 0. The van der Waals surface area contributed by atoms with Gasteiger partial charge in [0.25, 0.3) is 0 Å². The number of hydrogen-bond donors (Lipinski definition) is 0. The molecule has 0 aliphatic rings. The molecule has 3 nitrogen and oxygen atoms in total. The molecule has 0 spiro atoms. The summed E-state index contributed by atoms with van der Waals surface area (Å²) in [6.45, 7) is 1.54. The van der Waals surface area contributed by atoms with Crippen LogP contribution in [0.5, 0.6) is 0 Å². The zero-order valence-electron chi connectivity index (χ0n) is 8.00. The molecule has 0 atom stereocenters. The number of aromatic nitrogens is 2. The van der Waals surface area contributed by atoms with Crippen LogP contribution in [0.1, 0.15) is 6.92 Å². The summed E-state index contributed by atoms with van der Waals surface area (Å²) in [5.41, 5.74) is 0.375. The largest absolute Gasteiger partial charge is 0.323 e. The quantitative estimate of drug-likeness (QED) is 0.758. The minimum absolute atomic E-state index is 0.0451. The van der Waals surface area contributed by atoms with E-state index in [-0.39, 0.29) is 17.8 Å². The van der Waals surface area contributed by atoms with E-state index in [2.05, 4.69) is 4.98 Å². The summed E-state index contributed by atoms with van der Waals surface area (Å²) < 4.78 is 27.5. The number of carbonyl (C=O) groups is 1. The highest BCUT2D eigenvalue weighted by Crippen LogP contribution is 2.18. The van der Waals surface area contributed by atoms with Crippen molar-refractivity contribution in [2.24, 2.45) is 0 Å². The van der Waals surface area contributed by atoms with Crippen LogP contribution < -0.4 is 0 Å². The second kappa shape index (κ2) is 3.42. The number of carbonyl (C=O) groups excluding carboxylic acids is 1. The van der Waals surface area contributed by atoms with Gasteiger partial charge >= 0.3 is 0 Å². The van der Waals surface area contributed by atoms with Gasteiger partial charge in [-0.05, 0) is 19.1 Å². The fourth-order valence-corrected chi connectivity index (χ4v) is 1.44. The smallest absolute Gasteiger partial charge is 0.186 e. The summed E-state index contributed by atoms with van der Waals surface area (Å²) in [5, 5.41) is 0. The molecule has 0 fully saturated rings. The van der Waals surface area contributed by atoms with Gasteiger partial charge in [-0.1, -0.05) is 0 Å². The molecule has 0 saturated carbocycles. The predicted molar refractivity (Wildman–Crippen MR) is 50.3 cm³/mol. The normalized spacial score (nSPS) is 10.9. The summed E-state index contributed by atoms with van der Waals surface area (Å²) in [4.78, 5) is 14.6. The van der Waals surface area contributed by atoms with Crippen LogP contribution in [-0.2, 0) is 11.3 Å². The van der Waals surface area contributed by atoms with Gasteiger partial charge in [-0.15, -0.1) is 0 Å². The van der Waals surface area contributed by atoms with Gasteiger partial charge in [0.2, 0.25) is 0 Å². The Kier molecular flexibility index (Phi) is 2.22. The minimum atomic E-state index is -0.977. The number of halogens is 2. The molecular weight excluding hydrogens is 202 g/mol. The van der Waals surface area contributed by atoms with Gasteiger partial charge in [0.05, 0.1) is 18.4 Å². The zero-order chi connectivity index (χ0) is 11.0. The number of nitrogens with zero attached hydrogens (tertiary/aromatic N) is 2. The molecule has 1 aromatic heterocycles. The Morgan fingerprint density at radius 3 is 2.87 bits per heavy atom. The Hall–Kier alpha value is -1.78. The minimum Gasteiger partial charge on any atom is -0.323 e. The van der Waals surface area contributed by atoms with E-state index in [0.717, 1.165) is 6.07 Å². The number of hydrogen-bond acceptors (Lipinski definition) is 2. The van der Waals surface area contributed by atoms with E-state index in [1.165, 1.54) is 23.9 Å². The van der Waals surface area contributed by atoms with E-state index < -0.39 is 11.6 Å². The predicted octanol–water partition coefficient (Wildman–Crippen LogP) is 1.90. The molecule has 0 radical (unpaired) electrons. The molecule has 2 aromatic rings. The van der Waals surface area contributed by atoms with Crippen molar-refractivity contribution in [3.8, 4) is 0 Å². The summed E-state index contributed by atoms with van der Waals surface area (Å²) in [6, 6.07) is 2.43. The van der Waals surface area contributed by atoms with Crippen molar-refractivity contribution in [3.05, 3.63) is 30.1 Å². The zero-order valence-corrected chi connectivity index (χ0v) is 8.00. The average molecular weight is 210 g/mol. The second-order valence-corrected chi connectivity index (χ2v) is 3.30. The first-order valence-corrected chi connectivity index (χ1v) is 4.38. The van der Waals surface area contributed by atoms with Crippen molar-refractivity contribution < 1.29 is 13.6 Å². The summed E-state index contributed by atoms with van der Waals surface area (Å²) in [5.74, 6) is -1.98. The van der Waals surface area contributed by atoms with Crippen LogP contribution in [-0.4, -0.2) is 15.3 Å². The first-order valence-electron chi connectivity index (χ1n) is 4.38. The lowest BCUT2D eigenvalue weighted by molar-refractivity contribution is -0.117. The molecule has 78 valence electrons. The first kappa shape index (κ1) is 9.76. The third kappa shape index (κ3) is 1.60. The van der Waals surface area contributed by atoms with E-state index in [9.17, 15) is 13.6 Å². The van der Waals surface area contributed by atoms with Crippen molar-refractivity contribution in [2.45, 2.75) is 13.5 Å². The molecular formula is C10H8F2N2O. The third-order valence-electron chi connectivity index (χ3n) is 2.08. The Bertz CT molecular complexity index is 533. The fourth-order valence-electron chi connectivity index (χ4n) is 1.44. The number of fused-ring (bicyclic) bond motifs is 1. The Morgan fingerprint density at radius 1 is 1.47 bits per heavy atom. The van der Waals surface area contributed by atoms with Crippen LogP contribution in [0, 0.1) is 11.6 Å². The lowest BCUT2D eigenvalue weighted by Gasteiger charge is -2.00. The van der Waals surface area contributed by atoms with Crippen LogP contribution >= 0.6 is 0 Å². The van der Waals surface area contributed by atoms with E-state index in [1.807, 2.05) is 0 Å². The summed E-state index contributed by atoms with van der Waals surface area (Å²) in [6.07, 6.45) is 1.33. The van der Waals surface area contributed by atoms with E-state index in [4.69, 9.17) is 0 Å². The van der Waals surface area contributed by atoms with Crippen molar-refractivity contribution in [1.29, 1.82) is 0 Å². The maximum absolute atomic E-state index is 13.2. The fraction of sp³-hybridized carbons (Fsp3) is 0.200. The van der Waals surface area contributed by atoms with Gasteiger partial charge in [-0.25, -0.2) is 13.8 Å². The molecule has 5 heteroatoms. The monoisotopic (exact) mass is 210 g/mol. The SMILES string of the molecule is CC(=O)Cn1cnc2c(F)c(F)ccc21. The van der Waals surface area contributed by atoms with Gasteiger partial charge in [0.1, 0.15) is 11.3 Å². The van der Waals surface area contributed by atoms with Crippen LogP contribution in [0.15, 0.2) is 18.5 Å². The number of ketones is 1. The molecule has 2 rings (SSSR count). The van der Waals surface area contributed by atoms with E-state index in [0.29, 0.717) is 5.52 Å². The van der Waals surface area contributed by atoms with Crippen LogP contribution in [0.2, 0.25) is 0 Å². The van der Waals surface area contributed by atoms with Crippen molar-refractivity contribution in [2.75, 3.05) is 0 Å².